The quantitative estimate of drug-likeness (QED) is 0.791. The summed E-state index contributed by atoms with van der Waals surface area (Å²) in [6.45, 7) is 2.52. The van der Waals surface area contributed by atoms with Gasteiger partial charge in [-0.2, -0.15) is 0 Å². The van der Waals surface area contributed by atoms with Crippen LogP contribution in [0.3, 0.4) is 0 Å². The summed E-state index contributed by atoms with van der Waals surface area (Å²) in [5, 5.41) is 2.80. The van der Waals surface area contributed by atoms with Gasteiger partial charge in [0.1, 0.15) is 5.82 Å². The number of carbonyl (C=O) groups is 1. The van der Waals surface area contributed by atoms with E-state index in [-0.39, 0.29) is 17.8 Å². The Labute approximate surface area is 101 Å². The Hall–Kier alpha value is -1.42. The van der Waals surface area contributed by atoms with E-state index in [2.05, 4.69) is 5.32 Å². The number of benzene rings is 1. The molecule has 17 heavy (non-hydrogen) atoms. The molecule has 0 radical (unpaired) electrons. The highest BCUT2D eigenvalue weighted by molar-refractivity contribution is 5.76. The first-order chi connectivity index (χ1) is 8.08. The number of nitrogens with two attached hydrogens (primary N) is 1. The summed E-state index contributed by atoms with van der Waals surface area (Å²) in [5.41, 5.74) is 6.54. The molecule has 0 saturated carbocycles. The molecule has 0 aliphatic rings. The maximum absolute atomic E-state index is 12.6. The summed E-state index contributed by atoms with van der Waals surface area (Å²) in [6, 6.07) is 6.31. The molecule has 1 aromatic carbocycles. The second-order valence-electron chi connectivity index (χ2n) is 4.24. The lowest BCUT2D eigenvalue weighted by Crippen LogP contribution is -2.29. The Morgan fingerprint density at radius 2 is 2.06 bits per heavy atom. The van der Waals surface area contributed by atoms with Crippen LogP contribution in [0.2, 0.25) is 0 Å². The van der Waals surface area contributed by atoms with Gasteiger partial charge < -0.3 is 11.1 Å². The zero-order valence-corrected chi connectivity index (χ0v) is 10.1. The summed E-state index contributed by atoms with van der Waals surface area (Å²) < 4.78 is 12.6. The molecule has 0 aliphatic carbocycles. The highest BCUT2D eigenvalue weighted by Gasteiger charge is 2.02. The maximum Gasteiger partial charge on any atom is 0.220 e. The maximum atomic E-state index is 12.6. The molecule has 0 saturated heterocycles. The standard InChI is InChI=1S/C13H19FN2O/c1-10(15)8-9-16-13(17)7-4-11-2-5-12(14)6-3-11/h2-3,5-6,10H,4,7-9,15H2,1H3,(H,16,17). The van der Waals surface area contributed by atoms with Crippen molar-refractivity contribution in [3.8, 4) is 0 Å². The molecule has 0 spiro atoms. The summed E-state index contributed by atoms with van der Waals surface area (Å²) in [7, 11) is 0. The largest absolute Gasteiger partial charge is 0.356 e. The van der Waals surface area contributed by atoms with Crippen LogP contribution in [0.5, 0.6) is 0 Å². The number of nitrogens with one attached hydrogen (secondary N) is 1. The summed E-state index contributed by atoms with van der Waals surface area (Å²) in [4.78, 5) is 11.4. The molecule has 0 fully saturated rings. The van der Waals surface area contributed by atoms with E-state index in [0.717, 1.165) is 12.0 Å². The van der Waals surface area contributed by atoms with Gasteiger partial charge in [-0.1, -0.05) is 12.1 Å². The predicted octanol–water partition coefficient (Wildman–Crippen LogP) is 1.61. The van der Waals surface area contributed by atoms with Crippen molar-refractivity contribution < 1.29 is 9.18 Å². The minimum absolute atomic E-state index is 0.00924. The molecule has 0 aromatic heterocycles. The van der Waals surface area contributed by atoms with Crippen LogP contribution in [-0.4, -0.2) is 18.5 Å². The zero-order valence-electron chi connectivity index (χ0n) is 10.1. The Bertz CT molecular complexity index is 349. The lowest BCUT2D eigenvalue weighted by Gasteiger charge is -2.07. The fourth-order valence-corrected chi connectivity index (χ4v) is 1.44. The normalized spacial score (nSPS) is 12.2. The average molecular weight is 238 g/mol. The van der Waals surface area contributed by atoms with Gasteiger partial charge in [0.2, 0.25) is 5.91 Å². The van der Waals surface area contributed by atoms with Crippen LogP contribution in [0.4, 0.5) is 4.39 Å². The number of hydrogen-bond donors (Lipinski definition) is 2. The van der Waals surface area contributed by atoms with Crippen LogP contribution >= 0.6 is 0 Å². The third kappa shape index (κ3) is 6.02. The van der Waals surface area contributed by atoms with E-state index in [9.17, 15) is 9.18 Å². The number of halogens is 1. The predicted molar refractivity (Wildman–Crippen MR) is 66.0 cm³/mol. The van der Waals surface area contributed by atoms with E-state index >= 15 is 0 Å². The topological polar surface area (TPSA) is 55.1 Å². The lowest BCUT2D eigenvalue weighted by molar-refractivity contribution is -0.121. The number of aryl methyl sites for hydroxylation is 1. The molecular formula is C13H19FN2O. The summed E-state index contributed by atoms with van der Waals surface area (Å²) in [6.07, 6.45) is 1.83. The summed E-state index contributed by atoms with van der Waals surface area (Å²) in [5.74, 6) is -0.245. The molecule has 1 rings (SSSR count). The van der Waals surface area contributed by atoms with Gasteiger partial charge in [-0.25, -0.2) is 4.39 Å². The van der Waals surface area contributed by atoms with Gasteiger partial charge in [-0.05, 0) is 37.5 Å². The molecule has 1 amide bonds. The number of carbonyl (C=O) groups excluding carboxylic acids is 1. The second-order valence-corrected chi connectivity index (χ2v) is 4.24. The smallest absolute Gasteiger partial charge is 0.220 e. The van der Waals surface area contributed by atoms with Crippen molar-refractivity contribution in [1.82, 2.24) is 5.32 Å². The van der Waals surface area contributed by atoms with Crippen LogP contribution < -0.4 is 11.1 Å². The summed E-state index contributed by atoms with van der Waals surface area (Å²) >= 11 is 0. The molecule has 1 aromatic rings. The monoisotopic (exact) mass is 238 g/mol. The second kappa shape index (κ2) is 7.01. The van der Waals surface area contributed by atoms with Crippen LogP contribution in [0, 0.1) is 5.82 Å². The van der Waals surface area contributed by atoms with Crippen LogP contribution in [-0.2, 0) is 11.2 Å². The lowest BCUT2D eigenvalue weighted by atomic mass is 10.1. The molecule has 0 heterocycles. The molecule has 0 aliphatic heterocycles. The van der Waals surface area contributed by atoms with Gasteiger partial charge in [-0.15, -0.1) is 0 Å². The van der Waals surface area contributed by atoms with Gasteiger partial charge >= 0.3 is 0 Å². The van der Waals surface area contributed by atoms with E-state index in [1.165, 1.54) is 12.1 Å². The van der Waals surface area contributed by atoms with Crippen molar-refractivity contribution in [2.24, 2.45) is 5.73 Å². The number of rotatable bonds is 6. The molecular weight excluding hydrogens is 219 g/mol. The van der Waals surface area contributed by atoms with Gasteiger partial charge in [0.05, 0.1) is 0 Å². The fraction of sp³-hybridized carbons (Fsp3) is 0.462. The minimum atomic E-state index is -0.255. The first-order valence-corrected chi connectivity index (χ1v) is 5.84. The molecule has 3 N–H and O–H groups in total. The van der Waals surface area contributed by atoms with Crippen molar-refractivity contribution >= 4 is 5.91 Å². The van der Waals surface area contributed by atoms with Crippen molar-refractivity contribution in [3.05, 3.63) is 35.6 Å². The number of hydrogen-bond acceptors (Lipinski definition) is 2. The van der Waals surface area contributed by atoms with E-state index < -0.39 is 0 Å². The molecule has 0 bridgehead atoms. The highest BCUT2D eigenvalue weighted by atomic mass is 19.1. The molecule has 94 valence electrons. The van der Waals surface area contributed by atoms with Crippen molar-refractivity contribution in [1.29, 1.82) is 0 Å². The Kier molecular flexibility index (Phi) is 5.63. The minimum Gasteiger partial charge on any atom is -0.356 e. The van der Waals surface area contributed by atoms with Crippen molar-refractivity contribution in [2.75, 3.05) is 6.54 Å². The van der Waals surface area contributed by atoms with Crippen LogP contribution in [0.25, 0.3) is 0 Å². The molecule has 1 unspecified atom stereocenters. The third-order valence-electron chi connectivity index (χ3n) is 2.48. The number of amides is 1. The first-order valence-electron chi connectivity index (χ1n) is 5.84. The fourth-order valence-electron chi connectivity index (χ4n) is 1.44. The van der Waals surface area contributed by atoms with Crippen molar-refractivity contribution in [2.45, 2.75) is 32.2 Å². The molecule has 1 atom stereocenters. The van der Waals surface area contributed by atoms with E-state index in [4.69, 9.17) is 5.73 Å². The van der Waals surface area contributed by atoms with Gasteiger partial charge in [0, 0.05) is 19.0 Å². The Balaban J connectivity index is 2.21. The average Bonchev–Trinajstić information content (AvgIpc) is 2.28. The van der Waals surface area contributed by atoms with Gasteiger partial charge in [0.25, 0.3) is 0 Å². The molecule has 4 heteroatoms. The zero-order chi connectivity index (χ0) is 12.7. The van der Waals surface area contributed by atoms with E-state index in [1.807, 2.05) is 6.92 Å². The SMILES string of the molecule is CC(N)CCNC(=O)CCc1ccc(F)cc1. The third-order valence-corrected chi connectivity index (χ3v) is 2.48. The van der Waals surface area contributed by atoms with Crippen LogP contribution in [0.15, 0.2) is 24.3 Å². The Morgan fingerprint density at radius 1 is 1.41 bits per heavy atom. The van der Waals surface area contributed by atoms with E-state index in [1.54, 1.807) is 12.1 Å². The van der Waals surface area contributed by atoms with Crippen molar-refractivity contribution in [3.63, 3.8) is 0 Å². The first kappa shape index (κ1) is 13.6. The molecule has 3 nitrogen and oxygen atoms in total. The Morgan fingerprint density at radius 3 is 2.65 bits per heavy atom. The highest BCUT2D eigenvalue weighted by Crippen LogP contribution is 2.05. The van der Waals surface area contributed by atoms with Gasteiger partial charge in [-0.3, -0.25) is 4.79 Å². The van der Waals surface area contributed by atoms with Gasteiger partial charge in [0.15, 0.2) is 0 Å². The van der Waals surface area contributed by atoms with Crippen LogP contribution in [0.1, 0.15) is 25.3 Å². The van der Waals surface area contributed by atoms with E-state index in [0.29, 0.717) is 19.4 Å².